The van der Waals surface area contributed by atoms with Crippen molar-refractivity contribution in [1.29, 1.82) is 0 Å². The Morgan fingerprint density at radius 2 is 2.09 bits per heavy atom. The Labute approximate surface area is 138 Å². The van der Waals surface area contributed by atoms with Crippen LogP contribution >= 0.6 is 0 Å². The highest BCUT2D eigenvalue weighted by Crippen LogP contribution is 2.35. The molecule has 23 heavy (non-hydrogen) atoms. The summed E-state index contributed by atoms with van der Waals surface area (Å²) in [6.45, 7) is 8.21. The van der Waals surface area contributed by atoms with Crippen molar-refractivity contribution < 1.29 is 14.3 Å². The Morgan fingerprint density at radius 1 is 1.35 bits per heavy atom. The van der Waals surface area contributed by atoms with Gasteiger partial charge in [0, 0.05) is 0 Å². The summed E-state index contributed by atoms with van der Waals surface area (Å²) in [7, 11) is 0. The summed E-state index contributed by atoms with van der Waals surface area (Å²) in [5, 5.41) is 3.28. The topological polar surface area (TPSA) is 58.6 Å². The summed E-state index contributed by atoms with van der Waals surface area (Å²) < 4.78 is 5.30. The van der Waals surface area contributed by atoms with Crippen LogP contribution in [0, 0.1) is 6.92 Å². The quantitative estimate of drug-likeness (QED) is 0.818. The standard InChI is InChI=1S/C18H26N2O3/c1-5-10-23-18(22)15(7-3)20-16-9-8-12(4)11-14(16)19-13(6-2)17(20)21/h8-9,11,13,15,19H,5-7,10H2,1-4H3. The van der Waals surface area contributed by atoms with E-state index in [2.05, 4.69) is 5.32 Å². The van der Waals surface area contributed by atoms with Gasteiger partial charge in [0.1, 0.15) is 12.1 Å². The summed E-state index contributed by atoms with van der Waals surface area (Å²) in [4.78, 5) is 26.9. The lowest BCUT2D eigenvalue weighted by atomic mass is 10.0. The van der Waals surface area contributed by atoms with Crippen molar-refractivity contribution in [1.82, 2.24) is 0 Å². The lowest BCUT2D eigenvalue weighted by Gasteiger charge is -2.38. The van der Waals surface area contributed by atoms with Crippen LogP contribution in [0.5, 0.6) is 0 Å². The zero-order valence-corrected chi connectivity index (χ0v) is 14.4. The fraction of sp³-hybridized carbons (Fsp3) is 0.556. The number of carbonyl (C=O) groups is 2. The van der Waals surface area contributed by atoms with Gasteiger partial charge in [0.2, 0.25) is 5.91 Å². The van der Waals surface area contributed by atoms with E-state index < -0.39 is 6.04 Å². The van der Waals surface area contributed by atoms with Gasteiger partial charge in [0.05, 0.1) is 18.0 Å². The number of hydrogen-bond acceptors (Lipinski definition) is 4. The van der Waals surface area contributed by atoms with Gasteiger partial charge in [-0.1, -0.05) is 26.8 Å². The zero-order chi connectivity index (χ0) is 17.0. The number of ether oxygens (including phenoxy) is 1. The van der Waals surface area contributed by atoms with Crippen LogP contribution in [-0.2, 0) is 14.3 Å². The van der Waals surface area contributed by atoms with Gasteiger partial charge in [0.25, 0.3) is 0 Å². The molecular weight excluding hydrogens is 292 g/mol. The molecule has 0 fully saturated rings. The molecule has 1 amide bonds. The van der Waals surface area contributed by atoms with Gasteiger partial charge in [0.15, 0.2) is 0 Å². The molecule has 0 saturated heterocycles. The van der Waals surface area contributed by atoms with Crippen molar-refractivity contribution in [2.75, 3.05) is 16.8 Å². The predicted molar refractivity (Wildman–Crippen MR) is 91.7 cm³/mol. The van der Waals surface area contributed by atoms with Crippen molar-refractivity contribution in [2.45, 2.75) is 59.0 Å². The summed E-state index contributed by atoms with van der Waals surface area (Å²) in [6, 6.07) is 4.99. The van der Waals surface area contributed by atoms with E-state index in [4.69, 9.17) is 4.74 Å². The molecule has 2 unspecified atom stereocenters. The van der Waals surface area contributed by atoms with Crippen molar-refractivity contribution in [3.8, 4) is 0 Å². The molecular formula is C18H26N2O3. The molecule has 5 heteroatoms. The summed E-state index contributed by atoms with van der Waals surface area (Å²) in [5.74, 6) is -0.393. The molecule has 0 spiro atoms. The Morgan fingerprint density at radius 3 is 2.70 bits per heavy atom. The second-order valence-electron chi connectivity index (χ2n) is 5.93. The largest absolute Gasteiger partial charge is 0.464 e. The minimum Gasteiger partial charge on any atom is -0.464 e. The lowest BCUT2D eigenvalue weighted by Crippen LogP contribution is -2.54. The molecule has 1 aromatic carbocycles. The Kier molecular flexibility index (Phi) is 5.64. The molecule has 1 aliphatic rings. The number of benzene rings is 1. The van der Waals surface area contributed by atoms with Crippen molar-refractivity contribution in [3.05, 3.63) is 23.8 Å². The number of carbonyl (C=O) groups excluding carboxylic acids is 2. The summed E-state index contributed by atoms with van der Waals surface area (Å²) in [5.41, 5.74) is 2.77. The molecule has 5 nitrogen and oxygen atoms in total. The van der Waals surface area contributed by atoms with Crippen LogP contribution in [0.4, 0.5) is 11.4 Å². The maximum atomic E-state index is 12.8. The van der Waals surface area contributed by atoms with Gasteiger partial charge in [-0.3, -0.25) is 9.69 Å². The van der Waals surface area contributed by atoms with E-state index in [0.717, 1.165) is 23.4 Å². The molecule has 1 aromatic rings. The lowest BCUT2D eigenvalue weighted by molar-refractivity contribution is -0.146. The van der Waals surface area contributed by atoms with Gasteiger partial charge in [-0.25, -0.2) is 4.79 Å². The Bertz CT molecular complexity index is 586. The summed E-state index contributed by atoms with van der Waals surface area (Å²) in [6.07, 6.45) is 1.96. The molecule has 2 atom stereocenters. The van der Waals surface area contributed by atoms with E-state index in [9.17, 15) is 9.59 Å². The van der Waals surface area contributed by atoms with E-state index in [-0.39, 0.29) is 17.9 Å². The SMILES string of the molecule is CCCOC(=O)C(CC)N1C(=O)C(CC)Nc2cc(C)ccc21. The highest BCUT2D eigenvalue weighted by molar-refractivity contribution is 6.08. The van der Waals surface area contributed by atoms with Crippen LogP contribution in [0.3, 0.4) is 0 Å². The number of fused-ring (bicyclic) bond motifs is 1. The van der Waals surface area contributed by atoms with Crippen molar-refractivity contribution >= 4 is 23.3 Å². The van der Waals surface area contributed by atoms with Crippen LogP contribution < -0.4 is 10.2 Å². The first kappa shape index (κ1) is 17.3. The van der Waals surface area contributed by atoms with E-state index >= 15 is 0 Å². The molecule has 1 aliphatic heterocycles. The van der Waals surface area contributed by atoms with Crippen LogP contribution in [-0.4, -0.2) is 30.6 Å². The van der Waals surface area contributed by atoms with Crippen LogP contribution in [0.2, 0.25) is 0 Å². The van der Waals surface area contributed by atoms with Gasteiger partial charge in [-0.05, 0) is 43.9 Å². The summed E-state index contributed by atoms with van der Waals surface area (Å²) >= 11 is 0. The highest BCUT2D eigenvalue weighted by Gasteiger charge is 2.38. The monoisotopic (exact) mass is 318 g/mol. The Hall–Kier alpha value is -2.04. The number of nitrogens with zero attached hydrogens (tertiary/aromatic N) is 1. The third-order valence-corrected chi connectivity index (χ3v) is 4.10. The smallest absolute Gasteiger partial charge is 0.329 e. The Balaban J connectivity index is 2.41. The first-order valence-corrected chi connectivity index (χ1v) is 8.40. The maximum absolute atomic E-state index is 12.8. The number of amides is 1. The minimum absolute atomic E-state index is 0.0656. The van der Waals surface area contributed by atoms with E-state index in [1.54, 1.807) is 4.90 Å². The normalized spacial score (nSPS) is 18.2. The average Bonchev–Trinajstić information content (AvgIpc) is 2.55. The second kappa shape index (κ2) is 7.49. The van der Waals surface area contributed by atoms with Crippen LogP contribution in [0.15, 0.2) is 18.2 Å². The first-order chi connectivity index (χ1) is 11.0. The molecule has 1 N–H and O–H groups in total. The van der Waals surface area contributed by atoms with Crippen LogP contribution in [0.1, 0.15) is 45.6 Å². The molecule has 0 bridgehead atoms. The van der Waals surface area contributed by atoms with Gasteiger partial charge in [-0.15, -0.1) is 0 Å². The maximum Gasteiger partial charge on any atom is 0.329 e. The molecule has 126 valence electrons. The fourth-order valence-corrected chi connectivity index (χ4v) is 2.86. The molecule has 0 aromatic heterocycles. The van der Waals surface area contributed by atoms with Crippen molar-refractivity contribution in [3.63, 3.8) is 0 Å². The third kappa shape index (κ3) is 3.49. The average molecular weight is 318 g/mol. The molecule has 2 rings (SSSR count). The third-order valence-electron chi connectivity index (χ3n) is 4.10. The number of aryl methyl sites for hydroxylation is 1. The molecule has 0 aliphatic carbocycles. The number of hydrogen-bond donors (Lipinski definition) is 1. The number of rotatable bonds is 6. The molecule has 0 radical (unpaired) electrons. The van der Waals surface area contributed by atoms with Crippen molar-refractivity contribution in [2.24, 2.45) is 0 Å². The number of anilines is 2. The van der Waals surface area contributed by atoms with Gasteiger partial charge >= 0.3 is 5.97 Å². The number of nitrogens with one attached hydrogen (secondary N) is 1. The van der Waals surface area contributed by atoms with E-state index in [0.29, 0.717) is 19.4 Å². The van der Waals surface area contributed by atoms with E-state index in [1.807, 2.05) is 45.9 Å². The van der Waals surface area contributed by atoms with Gasteiger partial charge in [-0.2, -0.15) is 0 Å². The van der Waals surface area contributed by atoms with Gasteiger partial charge < -0.3 is 10.1 Å². The minimum atomic E-state index is -0.577. The fourth-order valence-electron chi connectivity index (χ4n) is 2.86. The zero-order valence-electron chi connectivity index (χ0n) is 14.4. The molecule has 1 heterocycles. The highest BCUT2D eigenvalue weighted by atomic mass is 16.5. The predicted octanol–water partition coefficient (Wildman–Crippen LogP) is 3.26. The molecule has 0 saturated carbocycles. The number of esters is 1. The van der Waals surface area contributed by atoms with E-state index in [1.165, 1.54) is 0 Å². The van der Waals surface area contributed by atoms with Crippen LogP contribution in [0.25, 0.3) is 0 Å². The second-order valence-corrected chi connectivity index (χ2v) is 5.93. The first-order valence-electron chi connectivity index (χ1n) is 8.40.